The molecule has 1 amide bonds. The van der Waals surface area contributed by atoms with E-state index in [2.05, 4.69) is 15.6 Å². The van der Waals surface area contributed by atoms with Crippen molar-refractivity contribution in [3.05, 3.63) is 87.0 Å². The van der Waals surface area contributed by atoms with Crippen molar-refractivity contribution in [1.82, 2.24) is 10.3 Å². The number of carbonyl (C=O) groups excluding carboxylic acids is 1. The molecule has 0 saturated carbocycles. The molecule has 0 spiro atoms. The molecule has 1 aliphatic heterocycles. The molecule has 2 heterocycles. The molecule has 35 heavy (non-hydrogen) atoms. The molecule has 0 radical (unpaired) electrons. The number of anilines is 1. The average molecular weight is 514 g/mol. The summed E-state index contributed by atoms with van der Waals surface area (Å²) in [7, 11) is 0. The molecule has 1 aliphatic rings. The van der Waals surface area contributed by atoms with Crippen molar-refractivity contribution < 1.29 is 19.4 Å². The van der Waals surface area contributed by atoms with Crippen LogP contribution in [0.4, 0.5) is 5.69 Å². The quantitative estimate of drug-likeness (QED) is 0.380. The number of benzene rings is 2. The van der Waals surface area contributed by atoms with Gasteiger partial charge in [0.25, 0.3) is 5.91 Å². The van der Waals surface area contributed by atoms with Crippen LogP contribution in [0.15, 0.2) is 54.6 Å². The molecule has 182 valence electrons. The monoisotopic (exact) mass is 513 g/mol. The molecule has 0 fully saturated rings. The van der Waals surface area contributed by atoms with Crippen LogP contribution in [0, 0.1) is 0 Å². The van der Waals surface area contributed by atoms with Gasteiger partial charge in [-0.1, -0.05) is 53.5 Å². The number of carbonyl (C=O) groups is 2. The Morgan fingerprint density at radius 2 is 1.74 bits per heavy atom. The third-order valence-electron chi connectivity index (χ3n) is 5.73. The first-order valence-corrected chi connectivity index (χ1v) is 12.1. The van der Waals surface area contributed by atoms with Crippen molar-refractivity contribution in [3.63, 3.8) is 0 Å². The largest absolute Gasteiger partial charge is 0.480 e. The number of aromatic nitrogens is 1. The molecule has 2 aromatic carbocycles. The highest BCUT2D eigenvalue weighted by atomic mass is 35.5. The highest BCUT2D eigenvalue weighted by molar-refractivity contribution is 6.39. The first-order chi connectivity index (χ1) is 16.9. The zero-order valence-corrected chi connectivity index (χ0v) is 20.4. The fourth-order valence-corrected chi connectivity index (χ4v) is 4.46. The lowest BCUT2D eigenvalue weighted by molar-refractivity contribution is -0.139. The molecule has 3 aromatic rings. The highest BCUT2D eigenvalue weighted by Gasteiger charge is 2.23. The molecule has 1 atom stereocenters. The van der Waals surface area contributed by atoms with Crippen LogP contribution in [0.2, 0.25) is 10.0 Å². The summed E-state index contributed by atoms with van der Waals surface area (Å²) in [4.78, 5) is 28.9. The van der Waals surface area contributed by atoms with Crippen LogP contribution in [0.3, 0.4) is 0 Å². The first-order valence-electron chi connectivity index (χ1n) is 11.3. The third-order valence-corrected chi connectivity index (χ3v) is 6.36. The second-order valence-corrected chi connectivity index (χ2v) is 9.08. The van der Waals surface area contributed by atoms with Gasteiger partial charge in [-0.15, -0.1) is 0 Å². The Bertz CT molecular complexity index is 1200. The van der Waals surface area contributed by atoms with E-state index in [4.69, 9.17) is 27.9 Å². The molecule has 7 nitrogen and oxygen atoms in total. The summed E-state index contributed by atoms with van der Waals surface area (Å²) in [6, 6.07) is 15.3. The second-order valence-electron chi connectivity index (χ2n) is 8.27. The fraction of sp³-hybridized carbons (Fsp3) is 0.269. The van der Waals surface area contributed by atoms with E-state index in [0.29, 0.717) is 12.5 Å². The van der Waals surface area contributed by atoms with Crippen LogP contribution in [0.1, 0.15) is 33.6 Å². The van der Waals surface area contributed by atoms with E-state index in [9.17, 15) is 14.7 Å². The van der Waals surface area contributed by atoms with Crippen LogP contribution in [-0.2, 0) is 24.1 Å². The number of nitrogens with one attached hydrogen (secondary N) is 2. The summed E-state index contributed by atoms with van der Waals surface area (Å²) < 4.78 is 5.60. The Morgan fingerprint density at radius 1 is 1.03 bits per heavy atom. The summed E-state index contributed by atoms with van der Waals surface area (Å²) in [5.74, 6) is -1.10. The van der Waals surface area contributed by atoms with Crippen LogP contribution in [0.5, 0.6) is 5.88 Å². The SMILES string of the molecule is O=C(N[C@@H](Cc1ccc(CCCc2ccc3c(n2)OCCN3)cc1)C(=O)O)c1c(Cl)cccc1Cl. The maximum atomic E-state index is 12.6. The lowest BCUT2D eigenvalue weighted by atomic mass is 10.0. The molecule has 4 rings (SSSR count). The lowest BCUT2D eigenvalue weighted by Crippen LogP contribution is -2.42. The van der Waals surface area contributed by atoms with Gasteiger partial charge in [0.05, 0.1) is 21.3 Å². The minimum absolute atomic E-state index is 0.0636. The van der Waals surface area contributed by atoms with Crippen molar-refractivity contribution >= 4 is 40.8 Å². The zero-order chi connectivity index (χ0) is 24.8. The van der Waals surface area contributed by atoms with Crippen molar-refractivity contribution in [1.29, 1.82) is 0 Å². The van der Waals surface area contributed by atoms with Crippen LogP contribution in [-0.4, -0.2) is 41.2 Å². The predicted molar refractivity (Wildman–Crippen MR) is 136 cm³/mol. The Balaban J connectivity index is 1.31. The van der Waals surface area contributed by atoms with Crippen LogP contribution >= 0.6 is 23.2 Å². The molecule has 0 unspecified atom stereocenters. The minimum Gasteiger partial charge on any atom is -0.480 e. The van der Waals surface area contributed by atoms with E-state index in [1.807, 2.05) is 36.4 Å². The van der Waals surface area contributed by atoms with Gasteiger partial charge in [-0.3, -0.25) is 4.79 Å². The molecular weight excluding hydrogens is 489 g/mol. The number of fused-ring (bicyclic) bond motifs is 1. The minimum atomic E-state index is -1.14. The summed E-state index contributed by atoms with van der Waals surface area (Å²) >= 11 is 12.1. The van der Waals surface area contributed by atoms with Gasteiger partial charge in [-0.2, -0.15) is 0 Å². The van der Waals surface area contributed by atoms with E-state index in [-0.39, 0.29) is 22.0 Å². The van der Waals surface area contributed by atoms with E-state index in [1.165, 1.54) is 12.1 Å². The molecule has 0 aliphatic carbocycles. The Kier molecular flexibility index (Phi) is 8.10. The number of carboxylic acid groups (broad SMARTS) is 1. The van der Waals surface area contributed by atoms with Crippen molar-refractivity contribution in [3.8, 4) is 5.88 Å². The summed E-state index contributed by atoms with van der Waals surface area (Å²) in [5, 5.41) is 15.7. The maximum Gasteiger partial charge on any atom is 0.326 e. The van der Waals surface area contributed by atoms with Gasteiger partial charge in [0.15, 0.2) is 0 Å². The van der Waals surface area contributed by atoms with Gasteiger partial charge in [-0.05, 0) is 54.7 Å². The Labute approximate surface area is 213 Å². The summed E-state index contributed by atoms with van der Waals surface area (Å²) in [5.41, 5.74) is 3.92. The molecular formula is C26H25Cl2N3O4. The smallest absolute Gasteiger partial charge is 0.326 e. The van der Waals surface area contributed by atoms with E-state index >= 15 is 0 Å². The van der Waals surface area contributed by atoms with Gasteiger partial charge in [0, 0.05) is 18.7 Å². The van der Waals surface area contributed by atoms with Gasteiger partial charge >= 0.3 is 5.97 Å². The summed E-state index contributed by atoms with van der Waals surface area (Å²) in [6.07, 6.45) is 2.75. The van der Waals surface area contributed by atoms with E-state index in [0.717, 1.165) is 48.3 Å². The zero-order valence-electron chi connectivity index (χ0n) is 18.9. The standard InChI is InChI=1S/C26H25Cl2N3O4/c27-19-5-2-6-20(28)23(19)24(32)31-22(26(33)34)15-17-9-7-16(8-10-17)3-1-4-18-11-12-21-25(30-18)35-14-13-29-21/h2,5-12,22,29H,1,3-4,13-15H2,(H,31,32)(H,33,34)/t22-/m0/s1. The van der Waals surface area contributed by atoms with Gasteiger partial charge in [-0.25, -0.2) is 9.78 Å². The number of hydrogen-bond acceptors (Lipinski definition) is 5. The number of carboxylic acids is 1. The molecule has 0 bridgehead atoms. The van der Waals surface area contributed by atoms with Gasteiger partial charge < -0.3 is 20.5 Å². The third kappa shape index (κ3) is 6.44. The molecule has 1 aromatic heterocycles. The van der Waals surface area contributed by atoms with Crippen molar-refractivity contribution in [2.45, 2.75) is 31.7 Å². The number of ether oxygens (including phenoxy) is 1. The normalized spacial score (nSPS) is 13.2. The second kappa shape index (κ2) is 11.4. The van der Waals surface area contributed by atoms with Crippen LogP contribution in [0.25, 0.3) is 0 Å². The first kappa shape index (κ1) is 24.8. The number of aliphatic carboxylic acids is 1. The average Bonchev–Trinajstić information content (AvgIpc) is 2.84. The summed E-state index contributed by atoms with van der Waals surface area (Å²) in [6.45, 7) is 1.41. The number of rotatable bonds is 9. The molecule has 3 N–H and O–H groups in total. The van der Waals surface area contributed by atoms with E-state index in [1.54, 1.807) is 6.07 Å². The van der Waals surface area contributed by atoms with Gasteiger partial charge in [0.1, 0.15) is 12.6 Å². The van der Waals surface area contributed by atoms with E-state index < -0.39 is 17.9 Å². The fourth-order valence-electron chi connectivity index (χ4n) is 3.89. The number of amides is 1. The number of halogens is 2. The lowest BCUT2D eigenvalue weighted by Gasteiger charge is -2.18. The predicted octanol–water partition coefficient (Wildman–Crippen LogP) is 4.79. The highest BCUT2D eigenvalue weighted by Crippen LogP contribution is 2.26. The number of nitrogens with zero attached hydrogens (tertiary/aromatic N) is 1. The topological polar surface area (TPSA) is 101 Å². The molecule has 0 saturated heterocycles. The van der Waals surface area contributed by atoms with Crippen LogP contribution < -0.4 is 15.4 Å². The maximum absolute atomic E-state index is 12.6. The number of pyridine rings is 1. The number of hydrogen-bond donors (Lipinski definition) is 3. The molecule has 9 heteroatoms. The Morgan fingerprint density at radius 3 is 2.46 bits per heavy atom. The number of aryl methyl sites for hydroxylation is 2. The Hall–Kier alpha value is -3.29. The van der Waals surface area contributed by atoms with Crippen molar-refractivity contribution in [2.75, 3.05) is 18.5 Å². The van der Waals surface area contributed by atoms with Gasteiger partial charge in [0.2, 0.25) is 5.88 Å². The van der Waals surface area contributed by atoms with Crippen molar-refractivity contribution in [2.24, 2.45) is 0 Å².